The number of carbonyl (C=O) groups is 2. The Morgan fingerprint density at radius 1 is 1.03 bits per heavy atom. The zero-order valence-corrected chi connectivity index (χ0v) is 23.0. The van der Waals surface area contributed by atoms with E-state index in [-0.39, 0.29) is 17.5 Å². The van der Waals surface area contributed by atoms with Crippen LogP contribution >= 0.6 is 23.2 Å². The molecule has 1 N–H and O–H groups in total. The molecule has 2 aromatic carbocycles. The summed E-state index contributed by atoms with van der Waals surface area (Å²) < 4.78 is 65.6. The fourth-order valence-electron chi connectivity index (χ4n) is 3.30. The van der Waals surface area contributed by atoms with Crippen molar-refractivity contribution in [2.24, 2.45) is 5.92 Å². The molecule has 2 amide bonds. The van der Waals surface area contributed by atoms with Crippen LogP contribution in [0.4, 0.5) is 18.9 Å². The number of hydrogen-bond acceptors (Lipinski definition) is 4. The molecule has 37 heavy (non-hydrogen) atoms. The van der Waals surface area contributed by atoms with Gasteiger partial charge in [0.1, 0.15) is 12.6 Å². The molecule has 0 aliphatic heterocycles. The number of benzene rings is 2. The highest BCUT2D eigenvalue weighted by molar-refractivity contribution is 7.92. The highest BCUT2D eigenvalue weighted by Crippen LogP contribution is 2.36. The normalized spacial score (nSPS) is 12.8. The summed E-state index contributed by atoms with van der Waals surface area (Å²) in [6.07, 6.45) is -4.02. The fraction of sp³-hybridized carbons (Fsp3) is 0.417. The van der Waals surface area contributed by atoms with Crippen molar-refractivity contribution in [2.45, 2.75) is 39.5 Å². The molecule has 0 aromatic heterocycles. The molecular formula is C24H28Cl2F3N3O4S. The topological polar surface area (TPSA) is 86.8 Å². The maximum absolute atomic E-state index is 13.5. The van der Waals surface area contributed by atoms with Gasteiger partial charge < -0.3 is 10.2 Å². The van der Waals surface area contributed by atoms with Gasteiger partial charge in [-0.1, -0.05) is 49.2 Å². The number of carbonyl (C=O) groups excluding carboxylic acids is 2. The van der Waals surface area contributed by atoms with Crippen molar-refractivity contribution in [3.05, 3.63) is 63.6 Å². The summed E-state index contributed by atoms with van der Waals surface area (Å²) in [5.74, 6) is -1.15. The van der Waals surface area contributed by atoms with E-state index in [1.807, 2.05) is 13.8 Å². The Morgan fingerprint density at radius 2 is 1.62 bits per heavy atom. The second-order valence-corrected chi connectivity index (χ2v) is 11.6. The largest absolute Gasteiger partial charge is 0.416 e. The van der Waals surface area contributed by atoms with Crippen LogP contribution in [-0.4, -0.2) is 50.5 Å². The first-order valence-corrected chi connectivity index (χ1v) is 13.8. The van der Waals surface area contributed by atoms with Gasteiger partial charge in [-0.2, -0.15) is 13.2 Å². The summed E-state index contributed by atoms with van der Waals surface area (Å²) >= 11 is 12.0. The molecule has 0 aliphatic rings. The van der Waals surface area contributed by atoms with E-state index in [0.717, 1.165) is 17.2 Å². The molecule has 2 rings (SSSR count). The first-order chi connectivity index (χ1) is 17.0. The molecule has 2 aromatic rings. The van der Waals surface area contributed by atoms with E-state index in [4.69, 9.17) is 23.2 Å². The van der Waals surface area contributed by atoms with Crippen LogP contribution in [0.25, 0.3) is 0 Å². The molecule has 0 fully saturated rings. The van der Waals surface area contributed by atoms with Crippen LogP contribution in [0.2, 0.25) is 10.0 Å². The monoisotopic (exact) mass is 581 g/mol. The van der Waals surface area contributed by atoms with Gasteiger partial charge in [-0.15, -0.1) is 0 Å². The molecule has 0 heterocycles. The summed E-state index contributed by atoms with van der Waals surface area (Å²) in [7, 11) is -4.26. The number of hydrogen-bond donors (Lipinski definition) is 1. The summed E-state index contributed by atoms with van der Waals surface area (Å²) in [5.41, 5.74) is -1.03. The van der Waals surface area contributed by atoms with Crippen molar-refractivity contribution < 1.29 is 31.2 Å². The first kappa shape index (κ1) is 30.7. The Balaban J connectivity index is 2.47. The van der Waals surface area contributed by atoms with E-state index in [1.54, 1.807) is 24.3 Å². The van der Waals surface area contributed by atoms with E-state index in [9.17, 15) is 31.2 Å². The molecule has 1 atom stereocenters. The molecule has 0 bridgehead atoms. The Kier molecular flexibility index (Phi) is 10.3. The van der Waals surface area contributed by atoms with Crippen LogP contribution in [-0.2, 0) is 32.3 Å². The van der Waals surface area contributed by atoms with Gasteiger partial charge in [0, 0.05) is 18.1 Å². The Morgan fingerprint density at radius 3 is 2.14 bits per heavy atom. The molecular weight excluding hydrogens is 554 g/mol. The lowest BCUT2D eigenvalue weighted by Crippen LogP contribution is -2.51. The number of nitrogens with one attached hydrogen (secondary N) is 1. The van der Waals surface area contributed by atoms with Crippen molar-refractivity contribution in [1.82, 2.24) is 10.2 Å². The van der Waals surface area contributed by atoms with Crippen LogP contribution in [0.3, 0.4) is 0 Å². The highest BCUT2D eigenvalue weighted by atomic mass is 35.5. The van der Waals surface area contributed by atoms with Crippen molar-refractivity contribution in [3.8, 4) is 0 Å². The van der Waals surface area contributed by atoms with Gasteiger partial charge in [-0.05, 0) is 48.7 Å². The van der Waals surface area contributed by atoms with Crippen molar-refractivity contribution in [1.29, 1.82) is 0 Å². The lowest BCUT2D eigenvalue weighted by Gasteiger charge is -2.32. The van der Waals surface area contributed by atoms with Crippen molar-refractivity contribution in [2.75, 3.05) is 23.7 Å². The predicted molar refractivity (Wildman–Crippen MR) is 138 cm³/mol. The maximum Gasteiger partial charge on any atom is 0.416 e. The van der Waals surface area contributed by atoms with Crippen LogP contribution in [0, 0.1) is 5.92 Å². The lowest BCUT2D eigenvalue weighted by molar-refractivity contribution is -0.139. The van der Waals surface area contributed by atoms with E-state index in [0.29, 0.717) is 33.6 Å². The van der Waals surface area contributed by atoms with Crippen LogP contribution in [0.1, 0.15) is 31.9 Å². The Bertz CT molecular complexity index is 1220. The van der Waals surface area contributed by atoms with Gasteiger partial charge >= 0.3 is 6.18 Å². The van der Waals surface area contributed by atoms with E-state index in [1.165, 1.54) is 6.92 Å². The Labute approximate surface area is 224 Å². The van der Waals surface area contributed by atoms with Crippen molar-refractivity contribution >= 4 is 50.7 Å². The number of anilines is 1. The molecule has 0 radical (unpaired) electrons. The molecule has 7 nitrogen and oxygen atoms in total. The third-order valence-electron chi connectivity index (χ3n) is 5.34. The number of rotatable bonds is 10. The number of halogens is 5. The summed E-state index contributed by atoms with van der Waals surface area (Å²) in [6, 6.07) is 7.62. The molecule has 0 unspecified atom stereocenters. The van der Waals surface area contributed by atoms with Crippen LogP contribution in [0.15, 0.2) is 42.5 Å². The number of alkyl halides is 3. The number of sulfonamides is 1. The SMILES string of the molecule is CC(C)CNC(=O)[C@H](C)N(Cc1ccc(Cl)cc1)C(=O)CN(c1cc(C(F)(F)F)ccc1Cl)S(C)(=O)=O. The van der Waals surface area contributed by atoms with Gasteiger partial charge in [-0.25, -0.2) is 8.42 Å². The number of nitrogens with zero attached hydrogens (tertiary/aromatic N) is 2. The molecule has 0 aliphatic carbocycles. The minimum Gasteiger partial charge on any atom is -0.354 e. The standard InChI is InChI=1S/C24H28Cl2F3N3O4S/c1-15(2)12-30-23(34)16(3)31(13-17-5-8-19(25)9-6-17)22(33)14-32(37(4,35)36)21-11-18(24(27,28)29)7-10-20(21)26/h5-11,15-16H,12-14H2,1-4H3,(H,30,34)/t16-/m0/s1. The van der Waals surface area contributed by atoms with Gasteiger partial charge in [0.2, 0.25) is 21.8 Å². The molecule has 0 saturated heterocycles. The Hall–Kier alpha value is -2.50. The first-order valence-electron chi connectivity index (χ1n) is 11.2. The zero-order valence-electron chi connectivity index (χ0n) is 20.6. The van der Waals surface area contributed by atoms with Gasteiger partial charge in [-0.3, -0.25) is 13.9 Å². The predicted octanol–water partition coefficient (Wildman–Crippen LogP) is 4.97. The average Bonchev–Trinajstić information content (AvgIpc) is 2.79. The third kappa shape index (κ3) is 8.79. The van der Waals surface area contributed by atoms with Gasteiger partial charge in [0.05, 0.1) is 22.5 Å². The highest BCUT2D eigenvalue weighted by Gasteiger charge is 2.34. The second kappa shape index (κ2) is 12.4. The van der Waals surface area contributed by atoms with Crippen LogP contribution in [0.5, 0.6) is 0 Å². The maximum atomic E-state index is 13.5. The van der Waals surface area contributed by atoms with Gasteiger partial charge in [0.25, 0.3) is 0 Å². The van der Waals surface area contributed by atoms with Gasteiger partial charge in [0.15, 0.2) is 0 Å². The second-order valence-electron chi connectivity index (χ2n) is 8.90. The minimum atomic E-state index is -4.77. The number of amides is 2. The molecule has 0 saturated carbocycles. The van der Waals surface area contributed by atoms with Crippen LogP contribution < -0.4 is 9.62 Å². The quantitative estimate of drug-likeness (QED) is 0.429. The lowest BCUT2D eigenvalue weighted by atomic mass is 10.1. The molecule has 204 valence electrons. The van der Waals surface area contributed by atoms with E-state index < -0.39 is 51.9 Å². The summed E-state index contributed by atoms with van der Waals surface area (Å²) in [6.45, 7) is 4.65. The minimum absolute atomic E-state index is 0.0831. The smallest absolute Gasteiger partial charge is 0.354 e. The zero-order chi connectivity index (χ0) is 28.1. The van der Waals surface area contributed by atoms with E-state index in [2.05, 4.69) is 5.32 Å². The summed E-state index contributed by atoms with van der Waals surface area (Å²) in [4.78, 5) is 27.4. The van der Waals surface area contributed by atoms with E-state index >= 15 is 0 Å². The summed E-state index contributed by atoms with van der Waals surface area (Å²) in [5, 5.41) is 2.89. The molecule has 13 heteroatoms. The van der Waals surface area contributed by atoms with Crippen molar-refractivity contribution in [3.63, 3.8) is 0 Å². The fourth-order valence-corrected chi connectivity index (χ4v) is 4.55. The molecule has 0 spiro atoms. The average molecular weight is 582 g/mol. The third-order valence-corrected chi connectivity index (χ3v) is 7.04.